The quantitative estimate of drug-likeness (QED) is 0.498. The van der Waals surface area contributed by atoms with Gasteiger partial charge >= 0.3 is 0 Å². The number of benzene rings is 1. The summed E-state index contributed by atoms with van der Waals surface area (Å²) < 4.78 is 0. The van der Waals surface area contributed by atoms with E-state index in [4.69, 9.17) is 6.42 Å². The van der Waals surface area contributed by atoms with Crippen molar-refractivity contribution in [3.05, 3.63) is 42.5 Å². The lowest BCUT2D eigenvalue weighted by atomic mass is 10.1. The molecule has 13 heavy (non-hydrogen) atoms. The minimum Gasteiger partial charge on any atom is -0.331 e. The van der Waals surface area contributed by atoms with Crippen molar-refractivity contribution in [2.24, 2.45) is 0 Å². The summed E-state index contributed by atoms with van der Waals surface area (Å²) in [6.45, 7) is 4.68. The smallest absolute Gasteiger partial charge is 0.0507 e. The van der Waals surface area contributed by atoms with Gasteiger partial charge in [-0.05, 0) is 11.1 Å². The molecule has 0 atom stereocenters. The molecule has 0 spiro atoms. The lowest BCUT2D eigenvalue weighted by Crippen LogP contribution is -2.13. The molecule has 0 aromatic heterocycles. The Balaban J connectivity index is 2.66. The van der Waals surface area contributed by atoms with Crippen molar-refractivity contribution in [3.8, 4) is 12.5 Å². The van der Waals surface area contributed by atoms with E-state index < -0.39 is 0 Å². The number of likely N-dealkylation sites (N-methyl/N-ethyl adjacent to an activating group) is 1. The molecule has 1 aromatic rings. The second-order valence-corrected chi connectivity index (χ2v) is 2.95. The van der Waals surface area contributed by atoms with Crippen molar-refractivity contribution in [2.45, 2.75) is 0 Å². The van der Waals surface area contributed by atoms with Crippen LogP contribution in [0, 0.1) is 12.5 Å². The van der Waals surface area contributed by atoms with Gasteiger partial charge in [0.15, 0.2) is 0 Å². The molecule has 0 aliphatic carbocycles. The molecular formula is C12H13N. The van der Waals surface area contributed by atoms with E-state index in [1.54, 1.807) is 4.90 Å². The molecule has 0 bridgehead atoms. The summed E-state index contributed by atoms with van der Waals surface area (Å²) in [4.78, 5) is 1.77. The fraction of sp³-hybridized carbons (Fsp3) is 0.167. The fourth-order valence-electron chi connectivity index (χ4n) is 1.10. The summed E-state index contributed by atoms with van der Waals surface area (Å²) in [5, 5.41) is 0. The highest BCUT2D eigenvalue weighted by Gasteiger charge is 1.98. The summed E-state index contributed by atoms with van der Waals surface area (Å²) >= 11 is 0. The van der Waals surface area contributed by atoms with Crippen molar-refractivity contribution in [1.29, 1.82) is 0 Å². The molecular weight excluding hydrogens is 158 g/mol. The Kier molecular flexibility index (Phi) is 3.16. The first-order chi connectivity index (χ1) is 6.24. The lowest BCUT2D eigenvalue weighted by molar-refractivity contribution is 0.549. The van der Waals surface area contributed by atoms with Crippen LogP contribution in [0.15, 0.2) is 36.9 Å². The third-order valence-corrected chi connectivity index (χ3v) is 1.83. The van der Waals surface area contributed by atoms with E-state index in [2.05, 4.69) is 12.6 Å². The van der Waals surface area contributed by atoms with Crippen molar-refractivity contribution >= 4 is 5.57 Å². The van der Waals surface area contributed by atoms with Crippen LogP contribution in [-0.4, -0.2) is 18.5 Å². The summed E-state index contributed by atoms with van der Waals surface area (Å²) in [7, 11) is 1.87. The van der Waals surface area contributed by atoms with Crippen LogP contribution in [0.2, 0.25) is 0 Å². The Bertz CT molecular complexity index is 319. The van der Waals surface area contributed by atoms with Crippen molar-refractivity contribution in [2.75, 3.05) is 13.6 Å². The zero-order chi connectivity index (χ0) is 9.68. The molecule has 0 aliphatic rings. The zero-order valence-corrected chi connectivity index (χ0v) is 7.83. The summed E-state index contributed by atoms with van der Waals surface area (Å²) in [6, 6.07) is 12.6. The first-order valence-corrected chi connectivity index (χ1v) is 4.14. The van der Waals surface area contributed by atoms with Crippen molar-refractivity contribution in [3.63, 3.8) is 0 Å². The van der Waals surface area contributed by atoms with Crippen LogP contribution in [0.4, 0.5) is 0 Å². The molecule has 0 saturated carbocycles. The number of terminal acetylenes is 1. The Labute approximate surface area is 79.7 Å². The van der Waals surface area contributed by atoms with Crippen LogP contribution >= 0.6 is 0 Å². The minimum absolute atomic E-state index is 0.709. The number of nitrogens with zero attached hydrogens (tertiary/aromatic N) is 1. The van der Waals surface area contributed by atoms with Gasteiger partial charge in [0, 0.05) is 13.1 Å². The van der Waals surface area contributed by atoms with Crippen LogP contribution in [0.5, 0.6) is 0 Å². The maximum Gasteiger partial charge on any atom is 0.0507 e. The van der Waals surface area contributed by atoms with Crippen LogP contribution in [0.25, 0.3) is 5.57 Å². The average Bonchev–Trinajstić information content (AvgIpc) is 2.19. The molecule has 66 valence electrons. The molecule has 0 heterocycles. The second kappa shape index (κ2) is 4.37. The van der Waals surface area contributed by atoms with Gasteiger partial charge in [0.05, 0.1) is 6.54 Å². The zero-order valence-electron chi connectivity index (χ0n) is 7.83. The van der Waals surface area contributed by atoms with Gasteiger partial charge in [0.25, 0.3) is 0 Å². The summed E-state index contributed by atoms with van der Waals surface area (Å²) in [5.41, 5.74) is 2.19. The van der Waals surface area contributed by atoms with Crippen LogP contribution in [0.3, 0.4) is 0 Å². The maximum absolute atomic E-state index is 5.23. The summed E-state index contributed by atoms with van der Waals surface area (Å²) in [6.07, 6.45) is 5.23. The van der Waals surface area contributed by atoms with E-state index in [9.17, 15) is 0 Å². The van der Waals surface area contributed by atoms with E-state index in [-0.39, 0.29) is 0 Å². The molecule has 1 rings (SSSR count). The number of rotatable bonds is 3. The Morgan fingerprint density at radius 1 is 1.46 bits per heavy atom. The van der Waals surface area contributed by atoms with Gasteiger partial charge in [0.1, 0.15) is 0 Å². The number of hydrogen-bond donors (Lipinski definition) is 0. The summed E-state index contributed by atoms with van der Waals surface area (Å²) in [5.74, 6) is 0. The third-order valence-electron chi connectivity index (χ3n) is 1.83. The Hall–Kier alpha value is -1.68. The van der Waals surface area contributed by atoms with Crippen molar-refractivity contribution in [1.82, 2.24) is 4.90 Å². The van der Waals surface area contributed by atoms with Crippen LogP contribution < -0.4 is 0 Å². The van der Waals surface area contributed by atoms with E-state index in [0.29, 0.717) is 6.54 Å². The van der Waals surface area contributed by atoms with Gasteiger partial charge in [-0.2, -0.15) is 0 Å². The van der Waals surface area contributed by atoms with Crippen molar-refractivity contribution < 1.29 is 0 Å². The van der Waals surface area contributed by atoms with E-state index >= 15 is 0 Å². The normalized spacial score (nSPS) is 8.92. The monoisotopic (exact) mass is 171 g/mol. The highest BCUT2D eigenvalue weighted by molar-refractivity contribution is 5.64. The third kappa shape index (κ3) is 2.68. The molecule has 0 saturated heterocycles. The predicted molar refractivity (Wildman–Crippen MR) is 56.9 cm³/mol. The van der Waals surface area contributed by atoms with Gasteiger partial charge in [-0.1, -0.05) is 43.3 Å². The molecule has 0 N–H and O–H groups in total. The fourth-order valence-corrected chi connectivity index (χ4v) is 1.10. The molecule has 1 aromatic carbocycles. The van der Waals surface area contributed by atoms with E-state index in [1.165, 1.54) is 0 Å². The van der Waals surface area contributed by atoms with Gasteiger partial charge in [-0.3, -0.25) is 0 Å². The molecule has 0 radical (unpaired) electrons. The first-order valence-electron chi connectivity index (χ1n) is 4.14. The Morgan fingerprint density at radius 3 is 2.62 bits per heavy atom. The lowest BCUT2D eigenvalue weighted by Gasteiger charge is -2.12. The predicted octanol–water partition coefficient (Wildman–Crippen LogP) is 2.22. The molecule has 1 nitrogen and oxygen atoms in total. The molecule has 0 amide bonds. The SMILES string of the molecule is C#CN(C)CC(=C)c1ccccc1. The highest BCUT2D eigenvalue weighted by Crippen LogP contribution is 2.11. The largest absolute Gasteiger partial charge is 0.331 e. The van der Waals surface area contributed by atoms with Gasteiger partial charge < -0.3 is 4.90 Å². The first kappa shape index (κ1) is 9.41. The average molecular weight is 171 g/mol. The van der Waals surface area contributed by atoms with E-state index in [0.717, 1.165) is 11.1 Å². The molecule has 0 unspecified atom stereocenters. The van der Waals surface area contributed by atoms with Gasteiger partial charge in [-0.25, -0.2) is 0 Å². The van der Waals surface area contributed by atoms with Gasteiger partial charge in [0.2, 0.25) is 0 Å². The topological polar surface area (TPSA) is 3.24 Å². The van der Waals surface area contributed by atoms with Crippen LogP contribution in [-0.2, 0) is 0 Å². The molecule has 0 fully saturated rings. The standard InChI is InChI=1S/C12H13N/c1-4-13(3)10-11(2)12-8-6-5-7-9-12/h1,5-9H,2,10H2,3H3. The highest BCUT2D eigenvalue weighted by atomic mass is 15.1. The molecule has 1 heteroatoms. The van der Waals surface area contributed by atoms with E-state index in [1.807, 2.05) is 37.4 Å². The number of hydrogen-bond acceptors (Lipinski definition) is 1. The second-order valence-electron chi connectivity index (χ2n) is 2.95. The van der Waals surface area contributed by atoms with Gasteiger partial charge in [-0.15, -0.1) is 0 Å². The maximum atomic E-state index is 5.23. The van der Waals surface area contributed by atoms with Crippen LogP contribution in [0.1, 0.15) is 5.56 Å². The Morgan fingerprint density at radius 2 is 2.08 bits per heavy atom. The minimum atomic E-state index is 0.709. The molecule has 0 aliphatic heterocycles.